The topological polar surface area (TPSA) is 58.4 Å². The van der Waals surface area contributed by atoms with Crippen molar-refractivity contribution >= 4 is 6.03 Å². The molecule has 1 heterocycles. The van der Waals surface area contributed by atoms with Crippen LogP contribution in [0.3, 0.4) is 0 Å². The summed E-state index contributed by atoms with van der Waals surface area (Å²) in [6, 6.07) is 0.916. The number of hydrogen-bond donors (Lipinski definition) is 2. The average molecular weight is 223 g/mol. The first kappa shape index (κ1) is 10.4. The largest absolute Gasteiger partial charge is 0.335 e. The highest BCUT2D eigenvalue weighted by molar-refractivity contribution is 5.75. The Morgan fingerprint density at radius 3 is 2.62 bits per heavy atom. The normalized spacial score (nSPS) is 38.3. The van der Waals surface area contributed by atoms with Crippen LogP contribution >= 0.6 is 0 Å². The fourth-order valence-corrected chi connectivity index (χ4v) is 3.29. The second-order valence-corrected chi connectivity index (χ2v) is 5.65. The van der Waals surface area contributed by atoms with Crippen molar-refractivity contribution in [3.8, 4) is 0 Å². The summed E-state index contributed by atoms with van der Waals surface area (Å²) in [5.41, 5.74) is 6.06. The smallest absolute Gasteiger partial charge is 0.317 e. The van der Waals surface area contributed by atoms with E-state index in [0.29, 0.717) is 23.9 Å². The number of likely N-dealkylation sites (tertiary alicyclic amines) is 1. The van der Waals surface area contributed by atoms with Crippen LogP contribution in [-0.2, 0) is 0 Å². The molecule has 3 aliphatic rings. The fourth-order valence-electron chi connectivity index (χ4n) is 3.29. The van der Waals surface area contributed by atoms with Crippen molar-refractivity contribution < 1.29 is 4.79 Å². The molecule has 3 fully saturated rings. The van der Waals surface area contributed by atoms with Crippen LogP contribution in [0.2, 0.25) is 0 Å². The van der Waals surface area contributed by atoms with Gasteiger partial charge in [0.1, 0.15) is 0 Å². The Morgan fingerprint density at radius 1 is 1.19 bits per heavy atom. The molecule has 0 spiro atoms. The standard InChI is InChI=1S/C12H21N3O/c13-11-5-4-8-6-15(7-10(8)11)12(16)14-9-2-1-3-9/h8-11H,1-7,13H2,(H,14,16). The third-order valence-electron chi connectivity index (χ3n) is 4.63. The second-order valence-electron chi connectivity index (χ2n) is 5.65. The summed E-state index contributed by atoms with van der Waals surface area (Å²) in [6.45, 7) is 1.81. The lowest BCUT2D eigenvalue weighted by molar-refractivity contribution is 0.192. The summed E-state index contributed by atoms with van der Waals surface area (Å²) >= 11 is 0. The lowest BCUT2D eigenvalue weighted by Gasteiger charge is -2.29. The van der Waals surface area contributed by atoms with Crippen molar-refractivity contribution in [1.29, 1.82) is 0 Å². The van der Waals surface area contributed by atoms with Gasteiger partial charge in [0.2, 0.25) is 0 Å². The molecular weight excluding hydrogens is 202 g/mol. The van der Waals surface area contributed by atoms with Crippen LogP contribution in [0, 0.1) is 11.8 Å². The van der Waals surface area contributed by atoms with Crippen LogP contribution in [0.15, 0.2) is 0 Å². The van der Waals surface area contributed by atoms with Crippen LogP contribution in [0.4, 0.5) is 4.79 Å². The molecule has 3 rings (SSSR count). The van der Waals surface area contributed by atoms with Crippen LogP contribution in [0.1, 0.15) is 32.1 Å². The number of nitrogens with zero attached hydrogens (tertiary/aromatic N) is 1. The predicted octanol–water partition coefficient (Wildman–Crippen LogP) is 0.918. The molecule has 2 amide bonds. The van der Waals surface area contributed by atoms with Crippen molar-refractivity contribution in [1.82, 2.24) is 10.2 Å². The van der Waals surface area contributed by atoms with Gasteiger partial charge in [0.05, 0.1) is 0 Å². The molecule has 2 aliphatic carbocycles. The van der Waals surface area contributed by atoms with Crippen LogP contribution in [0.5, 0.6) is 0 Å². The molecule has 90 valence electrons. The Labute approximate surface area is 96.5 Å². The van der Waals surface area contributed by atoms with Gasteiger partial charge in [-0.25, -0.2) is 4.79 Å². The summed E-state index contributed by atoms with van der Waals surface area (Å²) in [5, 5.41) is 3.11. The lowest BCUT2D eigenvalue weighted by Crippen LogP contribution is -2.47. The van der Waals surface area contributed by atoms with Crippen LogP contribution in [-0.4, -0.2) is 36.1 Å². The zero-order valence-electron chi connectivity index (χ0n) is 9.69. The third kappa shape index (κ3) is 1.69. The maximum Gasteiger partial charge on any atom is 0.317 e. The van der Waals surface area contributed by atoms with Gasteiger partial charge in [0, 0.05) is 25.2 Å². The fraction of sp³-hybridized carbons (Fsp3) is 0.917. The van der Waals surface area contributed by atoms with E-state index >= 15 is 0 Å². The monoisotopic (exact) mass is 223 g/mol. The minimum absolute atomic E-state index is 0.145. The van der Waals surface area contributed by atoms with E-state index in [4.69, 9.17) is 5.73 Å². The molecule has 3 N–H and O–H groups in total. The Morgan fingerprint density at radius 2 is 2.00 bits per heavy atom. The Kier molecular flexibility index (Phi) is 2.54. The summed E-state index contributed by atoms with van der Waals surface area (Å²) in [7, 11) is 0. The number of carbonyl (C=O) groups excluding carboxylic acids is 1. The van der Waals surface area contributed by atoms with Crippen molar-refractivity contribution in [3.63, 3.8) is 0 Å². The molecule has 3 atom stereocenters. The van der Waals surface area contributed by atoms with Gasteiger partial charge in [-0.15, -0.1) is 0 Å². The van der Waals surface area contributed by atoms with Crippen molar-refractivity contribution in [2.45, 2.75) is 44.2 Å². The first-order valence-electron chi connectivity index (χ1n) is 6.55. The van der Waals surface area contributed by atoms with E-state index in [0.717, 1.165) is 32.4 Å². The van der Waals surface area contributed by atoms with Gasteiger partial charge >= 0.3 is 6.03 Å². The number of amides is 2. The number of urea groups is 1. The number of hydrogen-bond acceptors (Lipinski definition) is 2. The van der Waals surface area contributed by atoms with E-state index in [1.165, 1.54) is 12.8 Å². The van der Waals surface area contributed by atoms with Crippen LogP contribution in [0.25, 0.3) is 0 Å². The molecule has 0 radical (unpaired) electrons. The number of nitrogens with two attached hydrogens (primary N) is 1. The summed E-state index contributed by atoms with van der Waals surface area (Å²) in [4.78, 5) is 13.9. The molecule has 1 saturated heterocycles. The molecular formula is C12H21N3O. The van der Waals surface area contributed by atoms with Crippen molar-refractivity contribution in [2.24, 2.45) is 17.6 Å². The highest BCUT2D eigenvalue weighted by Crippen LogP contribution is 2.37. The first-order valence-corrected chi connectivity index (χ1v) is 6.55. The minimum Gasteiger partial charge on any atom is -0.335 e. The molecule has 0 aromatic heterocycles. The molecule has 0 aromatic carbocycles. The van der Waals surface area contributed by atoms with E-state index in [2.05, 4.69) is 5.32 Å². The molecule has 4 heteroatoms. The van der Waals surface area contributed by atoms with Crippen molar-refractivity contribution in [2.75, 3.05) is 13.1 Å². The highest BCUT2D eigenvalue weighted by Gasteiger charge is 2.42. The molecule has 2 saturated carbocycles. The quantitative estimate of drug-likeness (QED) is 0.694. The number of nitrogens with one attached hydrogen (secondary N) is 1. The first-order chi connectivity index (χ1) is 7.74. The number of rotatable bonds is 1. The zero-order chi connectivity index (χ0) is 11.1. The number of fused-ring (bicyclic) bond motifs is 1. The SMILES string of the molecule is NC1CCC2CN(C(=O)NC3CCC3)CC12. The van der Waals surface area contributed by atoms with E-state index < -0.39 is 0 Å². The van der Waals surface area contributed by atoms with Gasteiger partial charge in [-0.3, -0.25) is 0 Å². The second kappa shape index (κ2) is 3.91. The third-order valence-corrected chi connectivity index (χ3v) is 4.63. The molecule has 3 unspecified atom stereocenters. The van der Waals surface area contributed by atoms with E-state index in [9.17, 15) is 4.79 Å². The van der Waals surface area contributed by atoms with Gasteiger partial charge in [0.25, 0.3) is 0 Å². The van der Waals surface area contributed by atoms with Crippen LogP contribution < -0.4 is 11.1 Å². The average Bonchev–Trinajstić information content (AvgIpc) is 2.75. The minimum atomic E-state index is 0.145. The predicted molar refractivity (Wildman–Crippen MR) is 61.9 cm³/mol. The maximum absolute atomic E-state index is 12.0. The Balaban J connectivity index is 1.54. The van der Waals surface area contributed by atoms with Gasteiger partial charge in [-0.05, 0) is 43.9 Å². The van der Waals surface area contributed by atoms with E-state index in [-0.39, 0.29) is 6.03 Å². The lowest BCUT2D eigenvalue weighted by atomic mass is 9.93. The summed E-state index contributed by atoms with van der Waals surface area (Å²) < 4.78 is 0. The maximum atomic E-state index is 12.0. The Bertz CT molecular complexity index is 290. The van der Waals surface area contributed by atoms with Gasteiger partial charge in [-0.1, -0.05) is 0 Å². The van der Waals surface area contributed by atoms with Gasteiger partial charge in [-0.2, -0.15) is 0 Å². The molecule has 0 bridgehead atoms. The van der Waals surface area contributed by atoms with Crippen molar-refractivity contribution in [3.05, 3.63) is 0 Å². The number of carbonyl (C=O) groups is 1. The van der Waals surface area contributed by atoms with E-state index in [1.807, 2.05) is 4.90 Å². The van der Waals surface area contributed by atoms with Gasteiger partial charge in [0.15, 0.2) is 0 Å². The van der Waals surface area contributed by atoms with E-state index in [1.54, 1.807) is 0 Å². The molecule has 1 aliphatic heterocycles. The highest BCUT2D eigenvalue weighted by atomic mass is 16.2. The van der Waals surface area contributed by atoms with Gasteiger partial charge < -0.3 is 16.0 Å². The summed E-state index contributed by atoms with van der Waals surface area (Å²) in [5.74, 6) is 1.23. The molecule has 16 heavy (non-hydrogen) atoms. The zero-order valence-corrected chi connectivity index (χ0v) is 9.69. The molecule has 4 nitrogen and oxygen atoms in total. The molecule has 0 aromatic rings. The summed E-state index contributed by atoms with van der Waals surface area (Å²) in [6.07, 6.45) is 5.94. The Hall–Kier alpha value is -0.770.